The zero-order valence-electron chi connectivity index (χ0n) is 19.3. The van der Waals surface area contributed by atoms with E-state index in [1.807, 2.05) is 20.8 Å². The molecular weight excluding hydrogens is 459 g/mol. The number of halogens is 1. The molecule has 180 valence electrons. The SMILES string of the molecule is CC(C)(C)c1nc(-c2ccc(NC(=O)C3CCCN(S(=O)(=O)c4ccc(F)cc4)C3)cc2)no1. The molecule has 0 aliphatic carbocycles. The lowest BCUT2D eigenvalue weighted by molar-refractivity contribution is -0.120. The molecule has 1 aliphatic rings. The summed E-state index contributed by atoms with van der Waals surface area (Å²) in [6.07, 6.45) is 1.14. The summed E-state index contributed by atoms with van der Waals surface area (Å²) in [6, 6.07) is 11.8. The summed E-state index contributed by atoms with van der Waals surface area (Å²) < 4.78 is 45.6. The number of hydrogen-bond acceptors (Lipinski definition) is 6. The van der Waals surface area contributed by atoms with Crippen LogP contribution in [0.1, 0.15) is 39.5 Å². The van der Waals surface area contributed by atoms with Crippen LogP contribution in [-0.2, 0) is 20.2 Å². The lowest BCUT2D eigenvalue weighted by Crippen LogP contribution is -2.43. The van der Waals surface area contributed by atoms with Crippen LogP contribution in [0.4, 0.5) is 10.1 Å². The van der Waals surface area contributed by atoms with Crippen LogP contribution in [0.25, 0.3) is 11.4 Å². The first-order valence-electron chi connectivity index (χ1n) is 11.1. The summed E-state index contributed by atoms with van der Waals surface area (Å²) in [5.74, 6) is -0.236. The highest BCUT2D eigenvalue weighted by Gasteiger charge is 2.33. The molecule has 0 radical (unpaired) electrons. The molecule has 2 heterocycles. The number of carbonyl (C=O) groups is 1. The first kappa shape index (κ1) is 24.0. The highest BCUT2D eigenvalue weighted by Crippen LogP contribution is 2.27. The van der Waals surface area contributed by atoms with E-state index in [1.54, 1.807) is 24.3 Å². The van der Waals surface area contributed by atoms with Gasteiger partial charge in [0.25, 0.3) is 0 Å². The van der Waals surface area contributed by atoms with E-state index >= 15 is 0 Å². The van der Waals surface area contributed by atoms with Crippen molar-refractivity contribution in [3.05, 3.63) is 60.2 Å². The zero-order chi connectivity index (χ0) is 24.5. The third-order valence-corrected chi connectivity index (χ3v) is 7.56. The third-order valence-electron chi connectivity index (χ3n) is 5.68. The average molecular weight is 487 g/mol. The molecule has 0 saturated carbocycles. The van der Waals surface area contributed by atoms with Gasteiger partial charge >= 0.3 is 0 Å². The summed E-state index contributed by atoms with van der Waals surface area (Å²) in [5, 5.41) is 6.89. The van der Waals surface area contributed by atoms with Gasteiger partial charge in [-0.3, -0.25) is 4.79 Å². The van der Waals surface area contributed by atoms with Crippen molar-refractivity contribution in [2.45, 2.75) is 43.9 Å². The van der Waals surface area contributed by atoms with Crippen molar-refractivity contribution in [1.29, 1.82) is 0 Å². The van der Waals surface area contributed by atoms with Gasteiger partial charge in [0, 0.05) is 29.8 Å². The monoisotopic (exact) mass is 486 g/mol. The van der Waals surface area contributed by atoms with Crippen LogP contribution in [0.3, 0.4) is 0 Å². The van der Waals surface area contributed by atoms with Crippen LogP contribution < -0.4 is 5.32 Å². The fourth-order valence-corrected chi connectivity index (χ4v) is 5.25. The lowest BCUT2D eigenvalue weighted by Gasteiger charge is -2.31. The number of carbonyl (C=O) groups excluding carboxylic acids is 1. The molecule has 1 fully saturated rings. The van der Waals surface area contributed by atoms with Crippen molar-refractivity contribution in [2.75, 3.05) is 18.4 Å². The topological polar surface area (TPSA) is 105 Å². The molecule has 3 aromatic rings. The summed E-state index contributed by atoms with van der Waals surface area (Å²) in [6.45, 7) is 6.35. The Morgan fingerprint density at radius 1 is 1.12 bits per heavy atom. The third kappa shape index (κ3) is 5.18. The molecule has 1 amide bonds. The molecule has 1 unspecified atom stereocenters. The van der Waals surface area contributed by atoms with Gasteiger partial charge in [0.2, 0.25) is 27.6 Å². The molecule has 1 aromatic heterocycles. The second kappa shape index (κ2) is 9.27. The molecule has 10 heteroatoms. The van der Waals surface area contributed by atoms with E-state index < -0.39 is 21.8 Å². The molecule has 1 aliphatic heterocycles. The van der Waals surface area contributed by atoms with Crippen molar-refractivity contribution in [2.24, 2.45) is 5.92 Å². The molecule has 2 aromatic carbocycles. The number of sulfonamides is 1. The smallest absolute Gasteiger partial charge is 0.243 e. The zero-order valence-corrected chi connectivity index (χ0v) is 20.1. The number of nitrogens with one attached hydrogen (secondary N) is 1. The quantitative estimate of drug-likeness (QED) is 0.579. The number of anilines is 1. The van der Waals surface area contributed by atoms with Crippen LogP contribution in [0.15, 0.2) is 57.9 Å². The van der Waals surface area contributed by atoms with Crippen LogP contribution >= 0.6 is 0 Å². The minimum absolute atomic E-state index is 0.0154. The van der Waals surface area contributed by atoms with Crippen molar-refractivity contribution in [1.82, 2.24) is 14.4 Å². The number of aromatic nitrogens is 2. The van der Waals surface area contributed by atoms with E-state index in [0.29, 0.717) is 36.8 Å². The number of hydrogen-bond donors (Lipinski definition) is 1. The van der Waals surface area contributed by atoms with Crippen molar-refractivity contribution in [3.63, 3.8) is 0 Å². The Hall–Kier alpha value is -3.11. The van der Waals surface area contributed by atoms with Gasteiger partial charge in [-0.05, 0) is 61.4 Å². The fourth-order valence-electron chi connectivity index (χ4n) is 3.72. The second-order valence-electron chi connectivity index (χ2n) is 9.40. The first-order chi connectivity index (χ1) is 16.0. The van der Waals surface area contributed by atoms with E-state index in [4.69, 9.17) is 4.52 Å². The van der Waals surface area contributed by atoms with Crippen molar-refractivity contribution < 1.29 is 22.1 Å². The van der Waals surface area contributed by atoms with Crippen LogP contribution in [0, 0.1) is 11.7 Å². The van der Waals surface area contributed by atoms with Gasteiger partial charge in [-0.1, -0.05) is 25.9 Å². The number of piperidine rings is 1. The highest BCUT2D eigenvalue weighted by molar-refractivity contribution is 7.89. The number of amides is 1. The minimum Gasteiger partial charge on any atom is -0.338 e. The molecule has 34 heavy (non-hydrogen) atoms. The summed E-state index contributed by atoms with van der Waals surface area (Å²) in [7, 11) is -3.80. The molecule has 4 rings (SSSR count). The summed E-state index contributed by atoms with van der Waals surface area (Å²) >= 11 is 0. The Labute approximate surface area is 198 Å². The molecular formula is C24H27FN4O4S. The lowest BCUT2D eigenvalue weighted by atomic mass is 9.97. The Morgan fingerprint density at radius 2 is 1.79 bits per heavy atom. The predicted octanol–water partition coefficient (Wildman–Crippen LogP) is 4.21. The van der Waals surface area contributed by atoms with Gasteiger partial charge < -0.3 is 9.84 Å². The van der Waals surface area contributed by atoms with Crippen LogP contribution in [0.5, 0.6) is 0 Å². The summed E-state index contributed by atoms with van der Waals surface area (Å²) in [4.78, 5) is 17.3. The molecule has 0 bridgehead atoms. The maximum atomic E-state index is 13.2. The molecule has 0 spiro atoms. The molecule has 1 saturated heterocycles. The van der Waals surface area contributed by atoms with Crippen molar-refractivity contribution in [3.8, 4) is 11.4 Å². The largest absolute Gasteiger partial charge is 0.338 e. The van der Waals surface area contributed by atoms with E-state index in [-0.39, 0.29) is 22.8 Å². The minimum atomic E-state index is -3.80. The number of nitrogens with zero attached hydrogens (tertiary/aromatic N) is 3. The Kier molecular flexibility index (Phi) is 6.55. The fraction of sp³-hybridized carbons (Fsp3) is 0.375. The van der Waals surface area contributed by atoms with Gasteiger partial charge in [0.15, 0.2) is 0 Å². The Balaban J connectivity index is 1.41. The van der Waals surface area contributed by atoms with Gasteiger partial charge in [-0.15, -0.1) is 0 Å². The summed E-state index contributed by atoms with van der Waals surface area (Å²) in [5.41, 5.74) is 1.09. The highest BCUT2D eigenvalue weighted by atomic mass is 32.2. The molecule has 1 atom stereocenters. The van der Waals surface area contributed by atoms with Gasteiger partial charge in [0.05, 0.1) is 10.8 Å². The van der Waals surface area contributed by atoms with Crippen LogP contribution in [0.2, 0.25) is 0 Å². The molecule has 8 nitrogen and oxygen atoms in total. The average Bonchev–Trinajstić information content (AvgIpc) is 3.31. The van der Waals surface area contributed by atoms with E-state index in [1.165, 1.54) is 16.4 Å². The van der Waals surface area contributed by atoms with E-state index in [9.17, 15) is 17.6 Å². The first-order valence-corrected chi connectivity index (χ1v) is 12.5. The molecule has 1 N–H and O–H groups in total. The Morgan fingerprint density at radius 3 is 2.41 bits per heavy atom. The standard InChI is InChI=1S/C24H27FN4O4S/c1-24(2,3)23-27-21(28-33-23)16-6-10-19(11-7-16)26-22(30)17-5-4-14-29(15-17)34(31,32)20-12-8-18(25)9-13-20/h6-13,17H,4-5,14-15H2,1-3H3,(H,26,30). The normalized spacial score (nSPS) is 17.5. The van der Waals surface area contributed by atoms with Crippen molar-refractivity contribution >= 4 is 21.6 Å². The maximum absolute atomic E-state index is 13.2. The van der Waals surface area contributed by atoms with E-state index in [2.05, 4.69) is 15.5 Å². The van der Waals surface area contributed by atoms with Gasteiger partial charge in [-0.2, -0.15) is 9.29 Å². The van der Waals surface area contributed by atoms with Gasteiger partial charge in [-0.25, -0.2) is 12.8 Å². The predicted molar refractivity (Wildman–Crippen MR) is 125 cm³/mol. The maximum Gasteiger partial charge on any atom is 0.243 e. The van der Waals surface area contributed by atoms with Gasteiger partial charge in [0.1, 0.15) is 5.82 Å². The number of benzene rings is 2. The van der Waals surface area contributed by atoms with Crippen LogP contribution in [-0.4, -0.2) is 41.9 Å². The number of rotatable bonds is 5. The Bertz CT molecular complexity index is 1270. The second-order valence-corrected chi connectivity index (χ2v) is 11.3. The van der Waals surface area contributed by atoms with E-state index in [0.717, 1.165) is 17.7 Å².